The smallest absolute Gasteiger partial charge is 0.407 e. The Morgan fingerprint density at radius 1 is 1.11 bits per heavy atom. The highest BCUT2D eigenvalue weighted by molar-refractivity contribution is 5.70. The van der Waals surface area contributed by atoms with Crippen molar-refractivity contribution in [2.45, 2.75) is 65.5 Å². The van der Waals surface area contributed by atoms with Crippen LogP contribution in [0.4, 0.5) is 4.79 Å². The lowest BCUT2D eigenvalue weighted by atomic mass is 9.70. The molecule has 1 amide bonds. The van der Waals surface area contributed by atoms with Crippen LogP contribution in [0.3, 0.4) is 0 Å². The molecular formula is C30H40N2O3. The number of carbonyl (C=O) groups is 1. The van der Waals surface area contributed by atoms with Gasteiger partial charge in [-0.1, -0.05) is 58.0 Å². The molecule has 2 aromatic carbocycles. The highest BCUT2D eigenvalue weighted by Crippen LogP contribution is 2.44. The maximum Gasteiger partial charge on any atom is 0.407 e. The molecule has 35 heavy (non-hydrogen) atoms. The monoisotopic (exact) mass is 476 g/mol. The first-order valence-corrected chi connectivity index (χ1v) is 13.3. The van der Waals surface area contributed by atoms with Crippen LogP contribution in [0.1, 0.15) is 64.1 Å². The van der Waals surface area contributed by atoms with Crippen molar-refractivity contribution >= 4 is 6.09 Å². The molecule has 5 heteroatoms. The predicted octanol–water partition coefficient (Wildman–Crippen LogP) is 6.22. The number of aryl methyl sites for hydroxylation is 1. The van der Waals surface area contributed by atoms with E-state index in [2.05, 4.69) is 74.3 Å². The number of fused-ring (bicyclic) bond motifs is 4. The minimum Gasteiger partial charge on any atom is -0.493 e. The Morgan fingerprint density at radius 2 is 1.89 bits per heavy atom. The number of benzene rings is 2. The second-order valence-electron chi connectivity index (χ2n) is 11.8. The van der Waals surface area contributed by atoms with Crippen molar-refractivity contribution in [2.75, 3.05) is 26.2 Å². The number of nitrogens with zero attached hydrogens (tertiary/aromatic N) is 1. The van der Waals surface area contributed by atoms with E-state index >= 15 is 0 Å². The van der Waals surface area contributed by atoms with E-state index in [9.17, 15) is 4.79 Å². The van der Waals surface area contributed by atoms with Crippen molar-refractivity contribution in [3.8, 4) is 16.9 Å². The fourth-order valence-corrected chi connectivity index (χ4v) is 5.94. The predicted molar refractivity (Wildman–Crippen MR) is 140 cm³/mol. The van der Waals surface area contributed by atoms with E-state index in [0.717, 1.165) is 56.6 Å². The van der Waals surface area contributed by atoms with Gasteiger partial charge in [-0.05, 0) is 90.4 Å². The van der Waals surface area contributed by atoms with Crippen LogP contribution in [0, 0.1) is 17.3 Å². The van der Waals surface area contributed by atoms with Crippen LogP contribution in [-0.2, 0) is 11.2 Å². The number of ether oxygens (including phenoxy) is 2. The average molecular weight is 477 g/mol. The Labute approximate surface area is 210 Å². The summed E-state index contributed by atoms with van der Waals surface area (Å²) >= 11 is 0. The first-order valence-electron chi connectivity index (χ1n) is 13.3. The third kappa shape index (κ3) is 5.35. The van der Waals surface area contributed by atoms with Crippen LogP contribution in [0.25, 0.3) is 11.1 Å². The maximum absolute atomic E-state index is 13.0. The summed E-state index contributed by atoms with van der Waals surface area (Å²) in [6.45, 7) is 12.7. The van der Waals surface area contributed by atoms with Gasteiger partial charge in [-0.15, -0.1) is 0 Å². The molecule has 1 N–H and O–H groups in total. The number of carbonyl (C=O) groups excluding carboxylic acids is 1. The molecule has 0 aromatic heterocycles. The summed E-state index contributed by atoms with van der Waals surface area (Å²) in [5.41, 5.74) is 4.83. The molecule has 0 spiro atoms. The van der Waals surface area contributed by atoms with Crippen molar-refractivity contribution in [2.24, 2.45) is 17.3 Å². The number of hydrogen-bond acceptors (Lipinski definition) is 4. The lowest BCUT2D eigenvalue weighted by molar-refractivity contribution is -0.0353. The molecule has 2 aromatic rings. The number of nitrogens with one attached hydrogen (secondary N) is 1. The molecule has 1 aliphatic carbocycles. The van der Waals surface area contributed by atoms with Gasteiger partial charge in [0.25, 0.3) is 0 Å². The summed E-state index contributed by atoms with van der Waals surface area (Å²) in [7, 11) is 0. The molecular weight excluding hydrogens is 436 g/mol. The lowest BCUT2D eigenvalue weighted by Gasteiger charge is -2.44. The Kier molecular flexibility index (Phi) is 6.80. The topological polar surface area (TPSA) is 50.8 Å². The molecule has 4 aliphatic rings. The SMILES string of the molecule is CC(C)COc1cccc(-c2ccc3c(c2)CCC(C)(C)[C@H]3NC(=O)O[C@@H]2CN3CCC2CC3)c1. The molecule has 3 fully saturated rings. The quantitative estimate of drug-likeness (QED) is 0.538. The van der Waals surface area contributed by atoms with E-state index in [4.69, 9.17) is 9.47 Å². The lowest BCUT2D eigenvalue weighted by Crippen LogP contribution is -2.53. The van der Waals surface area contributed by atoms with Gasteiger partial charge < -0.3 is 14.8 Å². The number of alkyl carbamates (subject to hydrolysis) is 1. The van der Waals surface area contributed by atoms with Crippen molar-refractivity contribution in [1.82, 2.24) is 10.2 Å². The van der Waals surface area contributed by atoms with Gasteiger partial charge >= 0.3 is 6.09 Å². The number of amides is 1. The van der Waals surface area contributed by atoms with Gasteiger partial charge in [-0.25, -0.2) is 4.79 Å². The average Bonchev–Trinajstić information content (AvgIpc) is 2.85. The van der Waals surface area contributed by atoms with E-state index in [1.807, 2.05) is 6.07 Å². The molecule has 3 saturated heterocycles. The normalized spacial score (nSPS) is 26.8. The largest absolute Gasteiger partial charge is 0.493 e. The molecule has 6 rings (SSSR count). The molecule has 3 heterocycles. The summed E-state index contributed by atoms with van der Waals surface area (Å²) in [6, 6.07) is 14.9. The van der Waals surface area contributed by atoms with Crippen molar-refractivity contribution in [3.05, 3.63) is 53.6 Å². The summed E-state index contributed by atoms with van der Waals surface area (Å²) in [4.78, 5) is 15.4. The van der Waals surface area contributed by atoms with Gasteiger partial charge in [-0.2, -0.15) is 0 Å². The highest BCUT2D eigenvalue weighted by atomic mass is 16.6. The van der Waals surface area contributed by atoms with Gasteiger partial charge in [0.2, 0.25) is 0 Å². The molecule has 2 atom stereocenters. The van der Waals surface area contributed by atoms with Crippen molar-refractivity contribution in [3.63, 3.8) is 0 Å². The van der Waals surface area contributed by atoms with Crippen LogP contribution in [0.2, 0.25) is 0 Å². The molecule has 0 unspecified atom stereocenters. The van der Waals surface area contributed by atoms with Crippen LogP contribution >= 0.6 is 0 Å². The van der Waals surface area contributed by atoms with E-state index in [0.29, 0.717) is 18.4 Å². The first kappa shape index (κ1) is 24.2. The molecule has 3 aliphatic heterocycles. The van der Waals surface area contributed by atoms with Crippen molar-refractivity contribution in [1.29, 1.82) is 0 Å². The zero-order valence-corrected chi connectivity index (χ0v) is 21.7. The van der Waals surface area contributed by atoms with Crippen molar-refractivity contribution < 1.29 is 14.3 Å². The Bertz CT molecular complexity index is 1060. The number of hydrogen-bond donors (Lipinski definition) is 1. The minimum atomic E-state index is -0.270. The standard InChI is InChI=1S/C30H40N2O3/c1-20(2)19-34-25-7-5-6-22(17-25)23-8-9-26-24(16-23)10-13-30(3,4)28(26)31-29(33)35-27-18-32-14-11-21(27)12-15-32/h5-9,16-17,20-21,27-28H,10-15,18-19H2,1-4H3,(H,31,33)/t27-,28+/m1/s1. The molecule has 2 bridgehead atoms. The van der Waals surface area contributed by atoms with Gasteiger partial charge in [0, 0.05) is 6.54 Å². The van der Waals surface area contributed by atoms with Gasteiger partial charge in [0.15, 0.2) is 0 Å². The molecule has 188 valence electrons. The van der Waals surface area contributed by atoms with Gasteiger partial charge in [0.05, 0.1) is 12.6 Å². The van der Waals surface area contributed by atoms with Gasteiger partial charge in [0.1, 0.15) is 11.9 Å². The summed E-state index contributed by atoms with van der Waals surface area (Å²) in [5.74, 6) is 1.91. The van der Waals surface area contributed by atoms with Crippen LogP contribution in [0.15, 0.2) is 42.5 Å². The zero-order chi connectivity index (χ0) is 24.6. The van der Waals surface area contributed by atoms with Crippen LogP contribution in [0.5, 0.6) is 5.75 Å². The van der Waals surface area contributed by atoms with Crippen LogP contribution in [-0.4, -0.2) is 43.3 Å². The Morgan fingerprint density at radius 3 is 2.60 bits per heavy atom. The first-order chi connectivity index (χ1) is 16.8. The Hall–Kier alpha value is -2.53. The van der Waals surface area contributed by atoms with E-state index in [1.165, 1.54) is 16.7 Å². The fourth-order valence-electron chi connectivity index (χ4n) is 5.94. The number of piperidine rings is 3. The minimum absolute atomic E-state index is 0.0243. The summed E-state index contributed by atoms with van der Waals surface area (Å²) in [6.07, 6.45) is 4.06. The second-order valence-corrected chi connectivity index (χ2v) is 11.8. The third-order valence-corrected chi connectivity index (χ3v) is 8.14. The number of rotatable bonds is 6. The highest BCUT2D eigenvalue weighted by Gasteiger charge is 2.40. The maximum atomic E-state index is 13.0. The molecule has 0 radical (unpaired) electrons. The van der Waals surface area contributed by atoms with Gasteiger partial charge in [-0.3, -0.25) is 4.90 Å². The van der Waals surface area contributed by atoms with E-state index in [-0.39, 0.29) is 23.7 Å². The molecule has 0 saturated carbocycles. The summed E-state index contributed by atoms with van der Waals surface area (Å²) < 4.78 is 11.9. The molecule has 5 nitrogen and oxygen atoms in total. The van der Waals surface area contributed by atoms with Crippen LogP contribution < -0.4 is 10.1 Å². The Balaban J connectivity index is 1.32. The third-order valence-electron chi connectivity index (χ3n) is 8.14. The van der Waals surface area contributed by atoms with E-state index in [1.54, 1.807) is 0 Å². The second kappa shape index (κ2) is 9.85. The summed E-state index contributed by atoms with van der Waals surface area (Å²) in [5, 5.41) is 3.27. The zero-order valence-electron chi connectivity index (χ0n) is 21.7. The van der Waals surface area contributed by atoms with E-state index < -0.39 is 0 Å². The fraction of sp³-hybridized carbons (Fsp3) is 0.567.